The molecule has 2 atom stereocenters. The van der Waals surface area contributed by atoms with Gasteiger partial charge in [-0.1, -0.05) is 12.1 Å². The minimum atomic E-state index is -0.640. The van der Waals surface area contributed by atoms with E-state index < -0.39 is 18.0 Å². The number of rotatable bonds is 2. The molecule has 226 valence electrons. The number of methoxy groups -OCH3 is 1. The van der Waals surface area contributed by atoms with Crippen molar-refractivity contribution in [3.05, 3.63) is 95.8 Å². The molecule has 2 aliphatic rings. The van der Waals surface area contributed by atoms with Gasteiger partial charge in [0.15, 0.2) is 6.61 Å². The van der Waals surface area contributed by atoms with Crippen LogP contribution in [0.3, 0.4) is 0 Å². The monoisotopic (exact) mass is 599 g/mol. The van der Waals surface area contributed by atoms with Gasteiger partial charge in [-0.2, -0.15) is 0 Å². The molecule has 0 aliphatic carbocycles. The van der Waals surface area contributed by atoms with Gasteiger partial charge in [0, 0.05) is 43.2 Å². The predicted molar refractivity (Wildman–Crippen MR) is 157 cm³/mol. The maximum absolute atomic E-state index is 14.6. The summed E-state index contributed by atoms with van der Waals surface area (Å²) < 4.78 is 32.2. The molecule has 0 radical (unpaired) electrons. The van der Waals surface area contributed by atoms with Gasteiger partial charge >= 0.3 is 0 Å². The number of H-pyrrole nitrogens is 1. The highest BCUT2D eigenvalue weighted by atomic mass is 19.1. The number of benzene rings is 3. The number of piperidine rings is 1. The van der Waals surface area contributed by atoms with Crippen LogP contribution in [0.4, 0.5) is 4.39 Å². The third-order valence-corrected chi connectivity index (χ3v) is 7.57. The van der Waals surface area contributed by atoms with E-state index in [0.29, 0.717) is 52.4 Å². The molecule has 1 fully saturated rings. The fourth-order valence-electron chi connectivity index (χ4n) is 5.38. The van der Waals surface area contributed by atoms with Gasteiger partial charge in [0.05, 0.1) is 25.7 Å². The lowest BCUT2D eigenvalue weighted by atomic mass is 9.99. The van der Waals surface area contributed by atoms with E-state index in [1.807, 2.05) is 6.07 Å². The Morgan fingerprint density at radius 1 is 1.07 bits per heavy atom. The van der Waals surface area contributed by atoms with Crippen molar-refractivity contribution < 1.29 is 33.0 Å². The minimum absolute atomic E-state index is 0.0523. The van der Waals surface area contributed by atoms with Crippen LogP contribution in [-0.2, 0) is 11.3 Å². The van der Waals surface area contributed by atoms with E-state index in [4.69, 9.17) is 14.2 Å². The minimum Gasteiger partial charge on any atom is -0.496 e. The molecule has 3 N–H and O–H groups in total. The van der Waals surface area contributed by atoms with Crippen LogP contribution in [0, 0.1) is 5.82 Å². The Hall–Kier alpha value is -5.39. The second-order valence-corrected chi connectivity index (χ2v) is 10.5. The molecule has 3 amide bonds. The van der Waals surface area contributed by atoms with Crippen LogP contribution >= 0.6 is 0 Å². The van der Waals surface area contributed by atoms with Crippen LogP contribution in [0.2, 0.25) is 0 Å². The first-order valence-electron chi connectivity index (χ1n) is 14.1. The van der Waals surface area contributed by atoms with Crippen LogP contribution < -0.4 is 24.8 Å². The first-order valence-corrected chi connectivity index (χ1v) is 14.1. The van der Waals surface area contributed by atoms with Crippen LogP contribution in [0.25, 0.3) is 11.1 Å². The molecule has 11 nitrogen and oxygen atoms in total. The smallest absolute Gasteiger partial charge is 0.271 e. The summed E-state index contributed by atoms with van der Waals surface area (Å²) in [5, 5.41) is 5.79. The van der Waals surface area contributed by atoms with E-state index in [0.717, 1.165) is 0 Å². The number of likely N-dealkylation sites (tertiary alicyclic amines) is 1. The standard InChI is InChI=1S/C32H30FN5O6/c1-42-28-6-5-21-12-25(28)20-3-2-4-23(11-20)43-17-30(39)35-14-19-9-22(33)13-24(10-19)44-29-7-8-38(16-27(29)37-31(21)40)32(41)26-15-34-18-36-26/h2-6,9-13,15,18,27,29H,7-8,14,16-17H2,1H3,(H,34,36)(H,35,39)(H,37,40)/t27-,29-/m1/s1. The summed E-state index contributed by atoms with van der Waals surface area (Å²) in [7, 11) is 1.54. The van der Waals surface area contributed by atoms with Crippen molar-refractivity contribution in [3.8, 4) is 28.4 Å². The highest BCUT2D eigenvalue weighted by molar-refractivity contribution is 5.97. The number of carbonyl (C=O) groups is 3. The number of ether oxygens (including phenoxy) is 3. The quantitative estimate of drug-likeness (QED) is 0.322. The normalized spacial score (nSPS) is 18.6. The van der Waals surface area contributed by atoms with Gasteiger partial charge in [-0.05, 0) is 53.6 Å². The number of halogens is 1. The van der Waals surface area contributed by atoms with E-state index in [-0.39, 0.29) is 43.2 Å². The molecule has 3 aromatic carbocycles. The van der Waals surface area contributed by atoms with E-state index in [2.05, 4.69) is 20.6 Å². The Morgan fingerprint density at radius 2 is 1.95 bits per heavy atom. The van der Waals surface area contributed by atoms with Gasteiger partial charge in [-0.25, -0.2) is 9.37 Å². The summed E-state index contributed by atoms with van der Waals surface area (Å²) in [5.74, 6) is -0.344. The molecule has 3 heterocycles. The second-order valence-electron chi connectivity index (χ2n) is 10.5. The third kappa shape index (κ3) is 6.33. The van der Waals surface area contributed by atoms with E-state index in [1.165, 1.54) is 31.8 Å². The zero-order valence-corrected chi connectivity index (χ0v) is 23.8. The van der Waals surface area contributed by atoms with Gasteiger partial charge in [0.2, 0.25) is 0 Å². The van der Waals surface area contributed by atoms with Crippen molar-refractivity contribution in [2.24, 2.45) is 0 Å². The lowest BCUT2D eigenvalue weighted by Gasteiger charge is -2.38. The average Bonchev–Trinajstić information content (AvgIpc) is 3.58. The molecule has 1 aromatic heterocycles. The lowest BCUT2D eigenvalue weighted by molar-refractivity contribution is -0.123. The Morgan fingerprint density at radius 3 is 2.77 bits per heavy atom. The lowest BCUT2D eigenvalue weighted by Crippen LogP contribution is -2.58. The first kappa shape index (κ1) is 28.7. The molecule has 4 aromatic rings. The summed E-state index contributed by atoms with van der Waals surface area (Å²) in [6.45, 7) is 0.293. The Balaban J connectivity index is 1.37. The number of nitrogens with one attached hydrogen (secondary N) is 3. The fourth-order valence-corrected chi connectivity index (χ4v) is 5.38. The molecular formula is C32H30FN5O6. The molecule has 44 heavy (non-hydrogen) atoms. The topological polar surface area (TPSA) is 135 Å². The number of fused-ring (bicyclic) bond motifs is 8. The number of nitrogens with zero attached hydrogens (tertiary/aromatic N) is 2. The van der Waals surface area contributed by atoms with Crippen LogP contribution in [0.1, 0.15) is 32.8 Å². The van der Waals surface area contributed by atoms with Crippen molar-refractivity contribution in [3.63, 3.8) is 0 Å². The summed E-state index contributed by atoms with van der Waals surface area (Å²) >= 11 is 0. The van der Waals surface area contributed by atoms with Crippen molar-refractivity contribution in [2.75, 3.05) is 26.8 Å². The molecule has 0 unspecified atom stereocenters. The average molecular weight is 600 g/mol. The Kier molecular flexibility index (Phi) is 8.13. The maximum atomic E-state index is 14.6. The van der Waals surface area contributed by atoms with Gasteiger partial charge in [0.25, 0.3) is 17.7 Å². The maximum Gasteiger partial charge on any atom is 0.271 e. The molecule has 12 heteroatoms. The van der Waals surface area contributed by atoms with Crippen molar-refractivity contribution >= 4 is 17.7 Å². The largest absolute Gasteiger partial charge is 0.496 e. The number of carbonyl (C=O) groups excluding carboxylic acids is 3. The zero-order chi connectivity index (χ0) is 30.6. The van der Waals surface area contributed by atoms with Crippen molar-refractivity contribution in [2.45, 2.75) is 25.1 Å². The number of imidazole rings is 1. The van der Waals surface area contributed by atoms with Crippen molar-refractivity contribution in [1.29, 1.82) is 0 Å². The molecule has 2 aliphatic heterocycles. The molecule has 1 saturated heterocycles. The van der Waals surface area contributed by atoms with Crippen molar-refractivity contribution in [1.82, 2.24) is 25.5 Å². The number of amides is 3. The zero-order valence-electron chi connectivity index (χ0n) is 23.8. The van der Waals surface area contributed by atoms with Gasteiger partial charge < -0.3 is 34.7 Å². The molecule has 0 spiro atoms. The number of aromatic nitrogens is 2. The van der Waals surface area contributed by atoms with Gasteiger partial charge in [-0.15, -0.1) is 0 Å². The molecule has 6 bridgehead atoms. The van der Waals surface area contributed by atoms with Crippen LogP contribution in [0.5, 0.6) is 17.2 Å². The summed E-state index contributed by atoms with van der Waals surface area (Å²) in [5.41, 5.74) is 2.53. The predicted octanol–water partition coefficient (Wildman–Crippen LogP) is 3.33. The summed E-state index contributed by atoms with van der Waals surface area (Å²) in [4.78, 5) is 47.8. The van der Waals surface area contributed by atoms with E-state index >= 15 is 0 Å². The summed E-state index contributed by atoms with van der Waals surface area (Å²) in [6.07, 6.45) is 2.66. The van der Waals surface area contributed by atoms with Gasteiger partial charge in [-0.3, -0.25) is 14.4 Å². The number of hydrogen-bond acceptors (Lipinski definition) is 7. The molecule has 0 saturated carbocycles. The Bertz CT molecular complexity index is 1690. The second kappa shape index (κ2) is 12.5. The van der Waals surface area contributed by atoms with E-state index in [9.17, 15) is 18.8 Å². The van der Waals surface area contributed by atoms with Crippen LogP contribution in [-0.4, -0.2) is 71.5 Å². The third-order valence-electron chi connectivity index (χ3n) is 7.57. The highest BCUT2D eigenvalue weighted by Crippen LogP contribution is 2.33. The number of hydrogen-bond donors (Lipinski definition) is 3. The highest BCUT2D eigenvalue weighted by Gasteiger charge is 2.35. The first-order chi connectivity index (χ1) is 21.4. The van der Waals surface area contributed by atoms with Crippen LogP contribution in [0.15, 0.2) is 73.2 Å². The van der Waals surface area contributed by atoms with E-state index in [1.54, 1.807) is 47.4 Å². The summed E-state index contributed by atoms with van der Waals surface area (Å²) in [6, 6.07) is 15.7. The molecular weight excluding hydrogens is 569 g/mol. The van der Waals surface area contributed by atoms with Gasteiger partial charge in [0.1, 0.15) is 34.9 Å². The fraction of sp³-hybridized carbons (Fsp3) is 0.250. The molecule has 6 rings (SSSR count). The number of aromatic amines is 1. The SMILES string of the molecule is COc1ccc2cc1-c1cccc(c1)OCC(=O)NCc1cc(F)cc(c1)O[C@@H]1CCN(C(=O)c3cnc[nH]3)C[C@H]1NC2=O. The Labute approximate surface area is 252 Å².